The minimum Gasteiger partial charge on any atom is -0.492 e. The first kappa shape index (κ1) is 25.2. The van der Waals surface area contributed by atoms with E-state index in [0.717, 1.165) is 10.9 Å². The third-order valence-electron chi connectivity index (χ3n) is 5.39. The van der Waals surface area contributed by atoms with Crippen molar-refractivity contribution in [2.45, 2.75) is 45.2 Å². The molecule has 1 amide bonds. The van der Waals surface area contributed by atoms with Crippen molar-refractivity contribution in [3.8, 4) is 17.5 Å². The summed E-state index contributed by atoms with van der Waals surface area (Å²) in [4.78, 5) is 14.7. The van der Waals surface area contributed by atoms with Gasteiger partial charge in [0.25, 0.3) is 0 Å². The van der Waals surface area contributed by atoms with E-state index in [1.54, 1.807) is 18.4 Å². The molecule has 0 fully saturated rings. The van der Waals surface area contributed by atoms with Gasteiger partial charge in [-0.05, 0) is 62.6 Å². The van der Waals surface area contributed by atoms with Crippen LogP contribution in [-0.4, -0.2) is 40.7 Å². The molecule has 0 bridgehead atoms. The molecule has 0 radical (unpaired) electrons. The molecule has 2 heterocycles. The van der Waals surface area contributed by atoms with Crippen molar-refractivity contribution >= 4 is 32.5 Å². The molecule has 0 saturated heterocycles. The molecule has 11 nitrogen and oxygen atoms in total. The van der Waals surface area contributed by atoms with E-state index in [2.05, 4.69) is 25.2 Å². The summed E-state index contributed by atoms with van der Waals surface area (Å²) >= 11 is 0. The molecule has 0 aliphatic heterocycles. The number of benzene rings is 2. The summed E-state index contributed by atoms with van der Waals surface area (Å²) in [6.45, 7) is 7.53. The Morgan fingerprint density at radius 1 is 1.14 bits per heavy atom. The van der Waals surface area contributed by atoms with E-state index in [4.69, 9.17) is 9.47 Å². The van der Waals surface area contributed by atoms with Gasteiger partial charge in [-0.1, -0.05) is 5.10 Å². The minimum absolute atomic E-state index is 0.0279. The Morgan fingerprint density at radius 2 is 1.94 bits per heavy atom. The van der Waals surface area contributed by atoms with E-state index in [1.165, 1.54) is 25.1 Å². The zero-order valence-electron chi connectivity index (χ0n) is 20.4. The maximum absolute atomic E-state index is 13.2. The summed E-state index contributed by atoms with van der Waals surface area (Å²) in [5.41, 5.74) is 1.19. The van der Waals surface area contributed by atoms with Crippen LogP contribution in [0.3, 0.4) is 0 Å². The van der Waals surface area contributed by atoms with Gasteiger partial charge in [0, 0.05) is 31.2 Å². The molecular formula is C24H28N6O5S. The van der Waals surface area contributed by atoms with Crippen LogP contribution in [0.5, 0.6) is 17.5 Å². The fraction of sp³-hybridized carbons (Fsp3) is 0.292. The monoisotopic (exact) mass is 512 g/mol. The molecule has 0 saturated carbocycles. The zero-order valence-corrected chi connectivity index (χ0v) is 21.2. The lowest BCUT2D eigenvalue weighted by atomic mass is 10.2. The van der Waals surface area contributed by atoms with Crippen molar-refractivity contribution < 1.29 is 22.7 Å². The minimum atomic E-state index is -3.97. The largest absolute Gasteiger partial charge is 0.492 e. The van der Waals surface area contributed by atoms with Gasteiger partial charge >= 0.3 is 6.01 Å². The summed E-state index contributed by atoms with van der Waals surface area (Å²) < 4.78 is 42.1. The number of fused-ring (bicyclic) bond motifs is 1. The predicted octanol–water partition coefficient (Wildman–Crippen LogP) is 3.97. The molecule has 0 spiro atoms. The second kappa shape index (κ2) is 10.4. The first-order valence-electron chi connectivity index (χ1n) is 11.5. The molecule has 3 N–H and O–H groups in total. The van der Waals surface area contributed by atoms with Gasteiger partial charge in [0.05, 0.1) is 23.2 Å². The van der Waals surface area contributed by atoms with Crippen LogP contribution in [0.25, 0.3) is 10.9 Å². The van der Waals surface area contributed by atoms with E-state index in [-0.39, 0.29) is 22.5 Å². The number of amides is 1. The number of hydrogen-bond donors (Lipinski definition) is 3. The Balaban J connectivity index is 1.56. The van der Waals surface area contributed by atoms with E-state index in [9.17, 15) is 13.2 Å². The van der Waals surface area contributed by atoms with Crippen molar-refractivity contribution in [2.75, 3.05) is 11.9 Å². The number of nitrogens with one attached hydrogen (secondary N) is 3. The fourth-order valence-electron chi connectivity index (χ4n) is 3.79. The van der Waals surface area contributed by atoms with Gasteiger partial charge < -0.3 is 19.8 Å². The van der Waals surface area contributed by atoms with Gasteiger partial charge in [-0.2, -0.15) is 0 Å². The van der Waals surface area contributed by atoms with Crippen molar-refractivity contribution in [1.29, 1.82) is 0 Å². The number of carbonyl (C=O) groups excluding carboxylic acids is 1. The Morgan fingerprint density at radius 3 is 2.67 bits per heavy atom. The molecule has 4 aromatic rings. The normalized spacial score (nSPS) is 12.4. The van der Waals surface area contributed by atoms with Crippen molar-refractivity contribution in [3.05, 3.63) is 54.5 Å². The molecule has 12 heteroatoms. The lowest BCUT2D eigenvalue weighted by molar-refractivity contribution is -0.114. The van der Waals surface area contributed by atoms with Crippen LogP contribution in [0.2, 0.25) is 0 Å². The van der Waals surface area contributed by atoms with E-state index in [1.807, 2.05) is 37.4 Å². The number of aromatic nitrogens is 4. The highest BCUT2D eigenvalue weighted by Crippen LogP contribution is 2.30. The number of sulfonamides is 1. The number of rotatable bonds is 10. The topological polar surface area (TPSA) is 140 Å². The molecule has 0 aliphatic carbocycles. The molecule has 2 aromatic heterocycles. The standard InChI is InChI=1S/C24H28N6O5S/c1-5-30-23(27-28-24(30)35-18-8-7-17-11-12-25-20(17)13-18)15(3)29-36(32,33)19-9-10-22(34-6-2)21(14-19)26-16(4)31/h7-15,25,29H,5-6H2,1-4H3,(H,26,31)/t15-/m1/s1. The molecule has 4 rings (SSSR count). The lowest BCUT2D eigenvalue weighted by Crippen LogP contribution is -2.29. The van der Waals surface area contributed by atoms with Gasteiger partial charge in [-0.25, -0.2) is 13.1 Å². The average Bonchev–Trinajstić information content (AvgIpc) is 3.46. The number of hydrogen-bond acceptors (Lipinski definition) is 7. The number of anilines is 1. The molecular weight excluding hydrogens is 484 g/mol. The number of nitrogens with zero attached hydrogens (tertiary/aromatic N) is 3. The first-order valence-corrected chi connectivity index (χ1v) is 12.9. The van der Waals surface area contributed by atoms with Crippen molar-refractivity contribution in [3.63, 3.8) is 0 Å². The number of aromatic amines is 1. The Kier molecular flexibility index (Phi) is 7.27. The van der Waals surface area contributed by atoms with E-state index < -0.39 is 16.1 Å². The summed E-state index contributed by atoms with van der Waals surface area (Å²) in [5, 5.41) is 12.0. The number of ether oxygens (including phenoxy) is 2. The molecule has 0 unspecified atom stereocenters. The first-order chi connectivity index (χ1) is 17.2. The highest BCUT2D eigenvalue weighted by molar-refractivity contribution is 7.89. The number of H-pyrrole nitrogens is 1. The van der Waals surface area contributed by atoms with Crippen LogP contribution in [0.15, 0.2) is 53.6 Å². The fourth-order valence-corrected chi connectivity index (χ4v) is 5.01. The van der Waals surface area contributed by atoms with Gasteiger partial charge in [0.2, 0.25) is 15.9 Å². The summed E-state index contributed by atoms with van der Waals surface area (Å²) in [6, 6.07) is 11.4. The third kappa shape index (κ3) is 5.34. The Bertz CT molecular complexity index is 1490. The van der Waals surface area contributed by atoms with E-state index in [0.29, 0.717) is 30.5 Å². The van der Waals surface area contributed by atoms with Crippen LogP contribution in [-0.2, 0) is 21.4 Å². The molecule has 0 aliphatic rings. The maximum Gasteiger partial charge on any atom is 0.322 e. The Labute approximate surface area is 208 Å². The summed E-state index contributed by atoms with van der Waals surface area (Å²) in [5.74, 6) is 1.01. The molecule has 190 valence electrons. The summed E-state index contributed by atoms with van der Waals surface area (Å²) in [6.07, 6.45) is 1.85. The Hall–Kier alpha value is -3.90. The van der Waals surface area contributed by atoms with Gasteiger partial charge in [0.15, 0.2) is 5.82 Å². The van der Waals surface area contributed by atoms with Gasteiger partial charge in [-0.15, -0.1) is 5.10 Å². The highest BCUT2D eigenvalue weighted by Gasteiger charge is 2.25. The molecule has 1 atom stereocenters. The van der Waals surface area contributed by atoms with Crippen LogP contribution < -0.4 is 19.5 Å². The van der Waals surface area contributed by atoms with Crippen LogP contribution in [0, 0.1) is 0 Å². The lowest BCUT2D eigenvalue weighted by Gasteiger charge is -2.17. The SMILES string of the molecule is CCOc1ccc(S(=O)(=O)N[C@H](C)c2nnc(Oc3ccc4cc[nH]c4c3)n2CC)cc1NC(C)=O. The highest BCUT2D eigenvalue weighted by atomic mass is 32.2. The smallest absolute Gasteiger partial charge is 0.322 e. The number of carbonyl (C=O) groups is 1. The van der Waals surface area contributed by atoms with Gasteiger partial charge in [0.1, 0.15) is 11.5 Å². The second-order valence-corrected chi connectivity index (χ2v) is 9.74. The van der Waals surface area contributed by atoms with Gasteiger partial charge in [-0.3, -0.25) is 9.36 Å². The van der Waals surface area contributed by atoms with Crippen molar-refractivity contribution in [1.82, 2.24) is 24.5 Å². The van der Waals surface area contributed by atoms with Crippen LogP contribution in [0.4, 0.5) is 5.69 Å². The van der Waals surface area contributed by atoms with Crippen LogP contribution in [0.1, 0.15) is 39.6 Å². The van der Waals surface area contributed by atoms with E-state index >= 15 is 0 Å². The average molecular weight is 513 g/mol. The molecule has 2 aromatic carbocycles. The molecule has 36 heavy (non-hydrogen) atoms. The van der Waals surface area contributed by atoms with Crippen LogP contribution >= 0.6 is 0 Å². The second-order valence-electron chi connectivity index (χ2n) is 8.03. The summed E-state index contributed by atoms with van der Waals surface area (Å²) in [7, 11) is -3.97. The van der Waals surface area contributed by atoms with Crippen molar-refractivity contribution in [2.24, 2.45) is 0 Å². The quantitative estimate of drug-likeness (QED) is 0.292. The third-order valence-corrected chi connectivity index (χ3v) is 6.93. The maximum atomic E-state index is 13.2. The zero-order chi connectivity index (χ0) is 25.9. The predicted molar refractivity (Wildman–Crippen MR) is 135 cm³/mol.